The lowest BCUT2D eigenvalue weighted by molar-refractivity contribution is -0.148. The maximum absolute atomic E-state index is 12.3. The standard InChI is InChI=1S/C16H23N3O3/c1-4-22-16(21)14(13-7-5-6-10(2)11(13)3)19-15(20)12-8-17-18-9-12/h5-7,12,14,17-18H,4,8-9H2,1-3H3,(H,19,20). The Bertz CT molecular complexity index is 554. The number of amides is 1. The fourth-order valence-corrected chi connectivity index (χ4v) is 2.48. The lowest BCUT2D eigenvalue weighted by Crippen LogP contribution is -2.40. The molecule has 1 amide bonds. The van der Waals surface area contributed by atoms with E-state index in [2.05, 4.69) is 16.2 Å². The zero-order valence-electron chi connectivity index (χ0n) is 13.2. The van der Waals surface area contributed by atoms with Crippen LogP contribution in [0, 0.1) is 19.8 Å². The summed E-state index contributed by atoms with van der Waals surface area (Å²) in [5.41, 5.74) is 8.67. The Morgan fingerprint density at radius 3 is 2.64 bits per heavy atom. The predicted molar refractivity (Wildman–Crippen MR) is 82.9 cm³/mol. The van der Waals surface area contributed by atoms with Crippen molar-refractivity contribution in [3.05, 3.63) is 34.9 Å². The molecule has 120 valence electrons. The molecule has 6 heteroatoms. The number of hydrogen-bond acceptors (Lipinski definition) is 5. The van der Waals surface area contributed by atoms with Crippen molar-refractivity contribution >= 4 is 11.9 Å². The smallest absolute Gasteiger partial charge is 0.333 e. The quantitative estimate of drug-likeness (QED) is 0.700. The van der Waals surface area contributed by atoms with Gasteiger partial charge in [0, 0.05) is 13.1 Å². The molecule has 0 spiro atoms. The SMILES string of the molecule is CCOC(=O)C(NC(=O)C1CNNC1)c1cccc(C)c1C. The number of carbonyl (C=O) groups is 2. The highest BCUT2D eigenvalue weighted by molar-refractivity contribution is 5.87. The Morgan fingerprint density at radius 1 is 1.32 bits per heavy atom. The number of rotatable bonds is 5. The van der Waals surface area contributed by atoms with E-state index in [0.717, 1.165) is 16.7 Å². The second kappa shape index (κ2) is 7.38. The molecule has 1 heterocycles. The van der Waals surface area contributed by atoms with E-state index in [9.17, 15) is 9.59 Å². The van der Waals surface area contributed by atoms with Crippen LogP contribution in [-0.2, 0) is 14.3 Å². The average molecular weight is 305 g/mol. The average Bonchev–Trinajstić information content (AvgIpc) is 3.02. The van der Waals surface area contributed by atoms with Crippen LogP contribution in [0.3, 0.4) is 0 Å². The molecular weight excluding hydrogens is 282 g/mol. The fourth-order valence-electron chi connectivity index (χ4n) is 2.48. The molecule has 1 aromatic rings. The number of benzene rings is 1. The predicted octanol–water partition coefficient (Wildman–Crippen LogP) is 0.748. The van der Waals surface area contributed by atoms with Gasteiger partial charge in [0.05, 0.1) is 12.5 Å². The minimum Gasteiger partial charge on any atom is -0.464 e. The highest BCUT2D eigenvalue weighted by Gasteiger charge is 2.30. The second-order valence-electron chi connectivity index (χ2n) is 5.44. The Morgan fingerprint density at radius 2 is 2.00 bits per heavy atom. The third-order valence-corrected chi connectivity index (χ3v) is 3.96. The van der Waals surface area contributed by atoms with Crippen LogP contribution in [0.2, 0.25) is 0 Å². The monoisotopic (exact) mass is 305 g/mol. The number of hydrogen-bond donors (Lipinski definition) is 3. The van der Waals surface area contributed by atoms with Crippen molar-refractivity contribution in [2.24, 2.45) is 5.92 Å². The van der Waals surface area contributed by atoms with Crippen molar-refractivity contribution in [2.45, 2.75) is 26.8 Å². The molecule has 1 aliphatic rings. The molecule has 1 fully saturated rings. The van der Waals surface area contributed by atoms with Gasteiger partial charge >= 0.3 is 5.97 Å². The molecule has 0 saturated carbocycles. The molecule has 22 heavy (non-hydrogen) atoms. The van der Waals surface area contributed by atoms with Crippen LogP contribution < -0.4 is 16.2 Å². The first-order valence-electron chi connectivity index (χ1n) is 7.53. The molecule has 1 atom stereocenters. The molecule has 3 N–H and O–H groups in total. The van der Waals surface area contributed by atoms with E-state index < -0.39 is 12.0 Å². The van der Waals surface area contributed by atoms with Gasteiger partial charge in [0.25, 0.3) is 0 Å². The second-order valence-corrected chi connectivity index (χ2v) is 5.44. The van der Waals surface area contributed by atoms with Crippen molar-refractivity contribution in [3.63, 3.8) is 0 Å². The summed E-state index contributed by atoms with van der Waals surface area (Å²) < 4.78 is 5.13. The van der Waals surface area contributed by atoms with Gasteiger partial charge in [0.15, 0.2) is 6.04 Å². The van der Waals surface area contributed by atoms with Crippen molar-refractivity contribution in [2.75, 3.05) is 19.7 Å². The zero-order chi connectivity index (χ0) is 16.1. The number of esters is 1. The summed E-state index contributed by atoms with van der Waals surface area (Å²) in [6.45, 7) is 7.06. The lowest BCUT2D eigenvalue weighted by atomic mass is 9.96. The van der Waals surface area contributed by atoms with E-state index in [-0.39, 0.29) is 18.4 Å². The highest BCUT2D eigenvalue weighted by atomic mass is 16.5. The van der Waals surface area contributed by atoms with E-state index in [4.69, 9.17) is 4.74 Å². The van der Waals surface area contributed by atoms with Crippen molar-refractivity contribution in [1.82, 2.24) is 16.2 Å². The molecule has 0 aliphatic carbocycles. The number of ether oxygens (including phenoxy) is 1. The minimum atomic E-state index is -0.770. The molecule has 0 radical (unpaired) electrons. The summed E-state index contributed by atoms with van der Waals surface area (Å²) in [5, 5.41) is 2.83. The minimum absolute atomic E-state index is 0.156. The summed E-state index contributed by atoms with van der Waals surface area (Å²) >= 11 is 0. The van der Waals surface area contributed by atoms with Crippen molar-refractivity contribution < 1.29 is 14.3 Å². The molecule has 0 aromatic heterocycles. The zero-order valence-corrected chi connectivity index (χ0v) is 13.2. The van der Waals surface area contributed by atoms with Gasteiger partial charge in [-0.1, -0.05) is 18.2 Å². The number of nitrogens with one attached hydrogen (secondary N) is 3. The van der Waals surface area contributed by atoms with Crippen LogP contribution in [0.15, 0.2) is 18.2 Å². The Balaban J connectivity index is 2.24. The van der Waals surface area contributed by atoms with E-state index in [1.54, 1.807) is 6.92 Å². The lowest BCUT2D eigenvalue weighted by Gasteiger charge is -2.21. The highest BCUT2D eigenvalue weighted by Crippen LogP contribution is 2.22. The Kier molecular flexibility index (Phi) is 5.51. The van der Waals surface area contributed by atoms with E-state index >= 15 is 0 Å². The molecule has 0 bridgehead atoms. The normalized spacial score (nSPS) is 16.3. The van der Waals surface area contributed by atoms with Gasteiger partial charge < -0.3 is 10.1 Å². The van der Waals surface area contributed by atoms with Crippen molar-refractivity contribution in [1.29, 1.82) is 0 Å². The van der Waals surface area contributed by atoms with Gasteiger partial charge in [-0.05, 0) is 37.5 Å². The number of carbonyl (C=O) groups excluding carboxylic acids is 2. The van der Waals surface area contributed by atoms with Crippen LogP contribution in [0.1, 0.15) is 29.7 Å². The topological polar surface area (TPSA) is 79.5 Å². The summed E-state index contributed by atoms with van der Waals surface area (Å²) in [4.78, 5) is 24.6. The molecular formula is C16H23N3O3. The van der Waals surface area contributed by atoms with Gasteiger partial charge in [-0.2, -0.15) is 0 Å². The van der Waals surface area contributed by atoms with Crippen LogP contribution >= 0.6 is 0 Å². The maximum Gasteiger partial charge on any atom is 0.333 e. The van der Waals surface area contributed by atoms with Gasteiger partial charge in [0.1, 0.15) is 0 Å². The summed E-state index contributed by atoms with van der Waals surface area (Å²) in [6.07, 6.45) is 0. The van der Waals surface area contributed by atoms with Crippen LogP contribution in [0.5, 0.6) is 0 Å². The van der Waals surface area contributed by atoms with Crippen molar-refractivity contribution in [3.8, 4) is 0 Å². The molecule has 1 unspecified atom stereocenters. The molecule has 1 saturated heterocycles. The summed E-state index contributed by atoms with van der Waals surface area (Å²) in [7, 11) is 0. The van der Waals surface area contributed by atoms with Gasteiger partial charge in [-0.15, -0.1) is 0 Å². The number of aryl methyl sites for hydroxylation is 1. The molecule has 1 aliphatic heterocycles. The van der Waals surface area contributed by atoms with Gasteiger partial charge in [-0.25, -0.2) is 4.79 Å². The van der Waals surface area contributed by atoms with Crippen LogP contribution in [0.4, 0.5) is 0 Å². The first-order chi connectivity index (χ1) is 10.5. The third-order valence-electron chi connectivity index (χ3n) is 3.96. The first kappa shape index (κ1) is 16.5. The Hall–Kier alpha value is -1.92. The van der Waals surface area contributed by atoms with E-state index in [0.29, 0.717) is 13.1 Å². The largest absolute Gasteiger partial charge is 0.464 e. The molecule has 2 rings (SSSR count). The number of hydrazine groups is 1. The van der Waals surface area contributed by atoms with Gasteiger partial charge in [-0.3, -0.25) is 15.6 Å². The molecule has 1 aromatic carbocycles. The van der Waals surface area contributed by atoms with Crippen LogP contribution in [0.25, 0.3) is 0 Å². The summed E-state index contributed by atoms with van der Waals surface area (Å²) in [5.74, 6) is -0.776. The third kappa shape index (κ3) is 3.64. The van der Waals surface area contributed by atoms with Gasteiger partial charge in [0.2, 0.25) is 5.91 Å². The summed E-state index contributed by atoms with van der Waals surface area (Å²) in [6, 6.07) is 4.95. The fraction of sp³-hybridized carbons (Fsp3) is 0.500. The first-order valence-corrected chi connectivity index (χ1v) is 7.53. The molecule has 6 nitrogen and oxygen atoms in total. The Labute approximate surface area is 130 Å². The van der Waals surface area contributed by atoms with Crippen LogP contribution in [-0.4, -0.2) is 31.6 Å². The van der Waals surface area contributed by atoms with E-state index in [1.165, 1.54) is 0 Å². The van der Waals surface area contributed by atoms with E-state index in [1.807, 2.05) is 32.0 Å². The maximum atomic E-state index is 12.3.